The first kappa shape index (κ1) is 19.7. The van der Waals surface area contributed by atoms with Crippen LogP contribution in [0.5, 0.6) is 5.75 Å². The number of carbonyl (C=O) groups excluding carboxylic acids is 1. The van der Waals surface area contributed by atoms with Gasteiger partial charge in [-0.25, -0.2) is 9.97 Å². The maximum absolute atomic E-state index is 12.8. The molecule has 9 heteroatoms. The van der Waals surface area contributed by atoms with E-state index in [4.69, 9.17) is 4.74 Å². The van der Waals surface area contributed by atoms with Crippen LogP contribution in [0.25, 0.3) is 10.9 Å². The number of aryl methyl sites for hydroxylation is 1. The number of hydrogen-bond acceptors (Lipinski definition) is 7. The van der Waals surface area contributed by atoms with Crippen LogP contribution in [-0.4, -0.2) is 57.9 Å². The van der Waals surface area contributed by atoms with Crippen molar-refractivity contribution in [2.24, 2.45) is 13.0 Å². The lowest BCUT2D eigenvalue weighted by molar-refractivity contribution is 0.102. The van der Waals surface area contributed by atoms with E-state index in [2.05, 4.69) is 30.6 Å². The summed E-state index contributed by atoms with van der Waals surface area (Å²) in [4.78, 5) is 23.8. The molecule has 5 rings (SSSR count). The highest BCUT2D eigenvalue weighted by atomic mass is 16.5. The van der Waals surface area contributed by atoms with Crippen LogP contribution in [0, 0.1) is 5.92 Å². The zero-order valence-electron chi connectivity index (χ0n) is 17.8. The van der Waals surface area contributed by atoms with E-state index < -0.39 is 0 Å². The van der Waals surface area contributed by atoms with Crippen LogP contribution in [0.15, 0.2) is 30.7 Å². The Morgan fingerprint density at radius 3 is 2.77 bits per heavy atom. The first-order chi connectivity index (χ1) is 15.1. The van der Waals surface area contributed by atoms with Gasteiger partial charge in [0, 0.05) is 56.3 Å². The van der Waals surface area contributed by atoms with E-state index in [0.29, 0.717) is 24.0 Å². The van der Waals surface area contributed by atoms with Crippen LogP contribution in [0.3, 0.4) is 0 Å². The van der Waals surface area contributed by atoms with Crippen LogP contribution in [0.4, 0.5) is 11.5 Å². The maximum atomic E-state index is 12.8. The van der Waals surface area contributed by atoms with Gasteiger partial charge in [-0.2, -0.15) is 5.10 Å². The summed E-state index contributed by atoms with van der Waals surface area (Å²) in [6.45, 7) is 5.41. The van der Waals surface area contributed by atoms with E-state index in [0.717, 1.165) is 42.4 Å². The van der Waals surface area contributed by atoms with Gasteiger partial charge >= 0.3 is 0 Å². The average Bonchev–Trinajstić information content (AvgIpc) is 3.48. The van der Waals surface area contributed by atoms with Crippen molar-refractivity contribution in [2.45, 2.75) is 25.8 Å². The third-order valence-corrected chi connectivity index (χ3v) is 5.69. The Labute approximate surface area is 180 Å². The number of rotatable bonds is 8. The Kier molecular flexibility index (Phi) is 5.19. The Bertz CT molecular complexity index is 1090. The molecule has 0 unspecified atom stereocenters. The molecular formula is C22H27N7O2. The van der Waals surface area contributed by atoms with Crippen LogP contribution in [-0.2, 0) is 7.05 Å². The van der Waals surface area contributed by atoms with E-state index in [-0.39, 0.29) is 11.6 Å². The molecule has 2 aliphatic rings. The molecule has 9 nitrogen and oxygen atoms in total. The third-order valence-electron chi connectivity index (χ3n) is 5.69. The molecule has 1 aliphatic heterocycles. The number of aromatic nitrogens is 4. The summed E-state index contributed by atoms with van der Waals surface area (Å²) in [7, 11) is 1.86. The van der Waals surface area contributed by atoms with Crippen molar-refractivity contribution >= 4 is 28.3 Å². The van der Waals surface area contributed by atoms with Crippen molar-refractivity contribution in [1.29, 1.82) is 0 Å². The largest absolute Gasteiger partial charge is 0.492 e. The lowest BCUT2D eigenvalue weighted by atomic mass is 10.0. The number of carbonyl (C=O) groups is 1. The van der Waals surface area contributed by atoms with E-state index >= 15 is 0 Å². The fraction of sp³-hybridized carbons (Fsp3) is 0.455. The first-order valence-corrected chi connectivity index (χ1v) is 10.8. The third kappa shape index (κ3) is 4.32. The zero-order valence-corrected chi connectivity index (χ0v) is 17.8. The Hall–Kier alpha value is -3.20. The number of ether oxygens (including phenoxy) is 1. The van der Waals surface area contributed by atoms with Crippen LogP contribution >= 0.6 is 0 Å². The smallest absolute Gasteiger partial charge is 0.275 e. The zero-order chi connectivity index (χ0) is 21.4. The monoisotopic (exact) mass is 421 g/mol. The molecule has 31 heavy (non-hydrogen) atoms. The molecule has 1 saturated carbocycles. The summed E-state index contributed by atoms with van der Waals surface area (Å²) in [5.74, 6) is 1.73. The molecule has 1 saturated heterocycles. The van der Waals surface area contributed by atoms with Gasteiger partial charge in [0.15, 0.2) is 0 Å². The highest BCUT2D eigenvalue weighted by molar-refractivity contribution is 6.04. The predicted molar refractivity (Wildman–Crippen MR) is 119 cm³/mol. The summed E-state index contributed by atoms with van der Waals surface area (Å²) < 4.78 is 7.44. The molecule has 2 N–H and O–H groups in total. The normalized spacial score (nSPS) is 16.4. The highest BCUT2D eigenvalue weighted by Gasteiger charge is 2.30. The fourth-order valence-electron chi connectivity index (χ4n) is 3.84. The minimum absolute atomic E-state index is 0.268. The van der Waals surface area contributed by atoms with Gasteiger partial charge < -0.3 is 20.3 Å². The van der Waals surface area contributed by atoms with Gasteiger partial charge in [0.2, 0.25) is 0 Å². The number of anilines is 2. The van der Waals surface area contributed by atoms with Crippen molar-refractivity contribution in [3.8, 4) is 5.75 Å². The molecule has 2 fully saturated rings. The number of amides is 1. The van der Waals surface area contributed by atoms with Crippen molar-refractivity contribution in [3.05, 3.63) is 36.4 Å². The van der Waals surface area contributed by atoms with Crippen LogP contribution in [0.2, 0.25) is 0 Å². The van der Waals surface area contributed by atoms with E-state index in [1.165, 1.54) is 19.0 Å². The van der Waals surface area contributed by atoms with Crippen molar-refractivity contribution in [3.63, 3.8) is 0 Å². The topological polar surface area (TPSA) is 97.2 Å². The number of nitrogens with zero attached hydrogens (tertiary/aromatic N) is 5. The predicted octanol–water partition coefficient (Wildman–Crippen LogP) is 2.20. The minimum atomic E-state index is -0.321. The lowest BCUT2D eigenvalue weighted by Gasteiger charge is -2.40. The molecule has 1 aromatic carbocycles. The molecule has 0 spiro atoms. The Balaban J connectivity index is 1.24. The quantitative estimate of drug-likeness (QED) is 0.575. The second-order valence-electron chi connectivity index (χ2n) is 8.31. The standard InChI is InChI=1S/C22H27N7O2/c1-3-31-20-7-17-15(13-28(2)27-17)6-18(20)26-22(30)19-9-25-21(10-24-19)29-11-14(12-29)8-23-16-4-5-16/h6-7,9-10,13-14,16,23H,3-5,8,11-12H2,1-2H3,(H,26,30). The van der Waals surface area contributed by atoms with Crippen LogP contribution < -0.4 is 20.3 Å². The molecule has 3 heterocycles. The molecule has 1 aliphatic carbocycles. The molecular weight excluding hydrogens is 394 g/mol. The molecule has 1 amide bonds. The lowest BCUT2D eigenvalue weighted by Crippen LogP contribution is -2.51. The minimum Gasteiger partial charge on any atom is -0.492 e. The SMILES string of the molecule is CCOc1cc2nn(C)cc2cc1NC(=O)c1cnc(N2CC(CNC3CC3)C2)cn1. The second kappa shape index (κ2) is 8.14. The Morgan fingerprint density at radius 1 is 1.23 bits per heavy atom. The molecule has 0 bridgehead atoms. The van der Waals surface area contributed by atoms with Gasteiger partial charge in [-0.15, -0.1) is 0 Å². The van der Waals surface area contributed by atoms with Crippen molar-refractivity contribution < 1.29 is 9.53 Å². The summed E-state index contributed by atoms with van der Waals surface area (Å²) in [5.41, 5.74) is 1.67. The van der Waals surface area contributed by atoms with Gasteiger partial charge in [-0.05, 0) is 25.8 Å². The Morgan fingerprint density at radius 2 is 2.06 bits per heavy atom. The summed E-state index contributed by atoms with van der Waals surface area (Å²) >= 11 is 0. The number of fused-ring (bicyclic) bond motifs is 1. The number of benzene rings is 1. The number of nitrogens with one attached hydrogen (secondary N) is 2. The second-order valence-corrected chi connectivity index (χ2v) is 8.31. The van der Waals surface area contributed by atoms with E-state index in [9.17, 15) is 4.79 Å². The fourth-order valence-corrected chi connectivity index (χ4v) is 3.84. The first-order valence-electron chi connectivity index (χ1n) is 10.8. The summed E-state index contributed by atoms with van der Waals surface area (Å²) in [5, 5.41) is 11.8. The molecule has 162 valence electrons. The highest BCUT2D eigenvalue weighted by Crippen LogP contribution is 2.30. The molecule has 0 atom stereocenters. The summed E-state index contributed by atoms with van der Waals surface area (Å²) in [6.07, 6.45) is 7.73. The number of hydrogen-bond donors (Lipinski definition) is 2. The van der Waals surface area contributed by atoms with Gasteiger partial charge in [0.1, 0.15) is 17.3 Å². The van der Waals surface area contributed by atoms with Gasteiger partial charge in [0.05, 0.1) is 30.2 Å². The van der Waals surface area contributed by atoms with Gasteiger partial charge in [-0.3, -0.25) is 9.48 Å². The molecule has 0 radical (unpaired) electrons. The van der Waals surface area contributed by atoms with E-state index in [1.807, 2.05) is 32.3 Å². The maximum Gasteiger partial charge on any atom is 0.275 e. The van der Waals surface area contributed by atoms with Crippen molar-refractivity contribution in [2.75, 3.05) is 36.5 Å². The molecule has 3 aromatic rings. The van der Waals surface area contributed by atoms with Crippen molar-refractivity contribution in [1.82, 2.24) is 25.1 Å². The van der Waals surface area contributed by atoms with Gasteiger partial charge in [-0.1, -0.05) is 0 Å². The molecule has 2 aromatic heterocycles. The van der Waals surface area contributed by atoms with Crippen LogP contribution in [0.1, 0.15) is 30.3 Å². The summed E-state index contributed by atoms with van der Waals surface area (Å²) in [6, 6.07) is 4.44. The van der Waals surface area contributed by atoms with E-state index in [1.54, 1.807) is 10.9 Å². The van der Waals surface area contributed by atoms with Gasteiger partial charge in [0.25, 0.3) is 5.91 Å². The average molecular weight is 422 g/mol.